The second-order valence-electron chi connectivity index (χ2n) is 3.05. The van der Waals surface area contributed by atoms with Crippen LogP contribution in [0.1, 0.15) is 13.3 Å². The zero-order valence-electron chi connectivity index (χ0n) is 8.37. The third-order valence-electron chi connectivity index (χ3n) is 1.46. The Morgan fingerprint density at radius 2 is 2.14 bits per heavy atom. The molecule has 0 unspecified atom stereocenters. The monoisotopic (exact) mass is 201 g/mol. The maximum absolute atomic E-state index is 11.0. The summed E-state index contributed by atoms with van der Waals surface area (Å²) in [5, 5.41) is 11.1. The smallest absolute Gasteiger partial charge is 0.326 e. The van der Waals surface area contributed by atoms with Crippen molar-refractivity contribution in [3.05, 3.63) is 12.2 Å². The number of ether oxygens (including phenoxy) is 1. The number of nitrogens with one attached hydrogen (secondary N) is 1. The minimum atomic E-state index is -1.07. The van der Waals surface area contributed by atoms with Gasteiger partial charge in [0.2, 0.25) is 5.91 Å². The number of carboxylic acids is 1. The highest BCUT2D eigenvalue weighted by molar-refractivity contribution is 5.84. The lowest BCUT2D eigenvalue weighted by Gasteiger charge is -2.13. The Morgan fingerprint density at radius 3 is 2.50 bits per heavy atom. The molecule has 0 aromatic heterocycles. The molecular weight excluding hydrogens is 186 g/mol. The van der Waals surface area contributed by atoms with E-state index < -0.39 is 17.9 Å². The van der Waals surface area contributed by atoms with E-state index in [1.54, 1.807) is 6.92 Å². The van der Waals surface area contributed by atoms with Gasteiger partial charge in [-0.3, -0.25) is 4.79 Å². The molecule has 0 saturated heterocycles. The van der Waals surface area contributed by atoms with E-state index in [9.17, 15) is 9.59 Å². The second kappa shape index (κ2) is 6.15. The maximum atomic E-state index is 11.0. The number of carbonyl (C=O) groups is 2. The van der Waals surface area contributed by atoms with E-state index in [1.165, 1.54) is 7.11 Å². The van der Waals surface area contributed by atoms with Crippen LogP contribution in [0.2, 0.25) is 0 Å². The Balaban J connectivity index is 4.16. The first-order chi connectivity index (χ1) is 6.47. The van der Waals surface area contributed by atoms with Gasteiger partial charge in [-0.25, -0.2) is 4.79 Å². The third kappa shape index (κ3) is 5.31. The number of hydrogen-bond acceptors (Lipinski definition) is 3. The van der Waals surface area contributed by atoms with Crippen molar-refractivity contribution in [3.63, 3.8) is 0 Å². The molecule has 0 saturated carbocycles. The highest BCUT2D eigenvalue weighted by Crippen LogP contribution is 2.01. The number of carboxylic acid groups (broad SMARTS) is 1. The molecule has 0 fully saturated rings. The molecule has 80 valence electrons. The quantitative estimate of drug-likeness (QED) is 0.600. The van der Waals surface area contributed by atoms with Crippen LogP contribution in [0.5, 0.6) is 0 Å². The van der Waals surface area contributed by atoms with Crippen LogP contribution in [0.15, 0.2) is 12.2 Å². The predicted molar refractivity (Wildman–Crippen MR) is 50.9 cm³/mol. The van der Waals surface area contributed by atoms with E-state index >= 15 is 0 Å². The van der Waals surface area contributed by atoms with Crippen molar-refractivity contribution in [2.75, 3.05) is 13.7 Å². The average Bonchev–Trinajstić information content (AvgIpc) is 2.02. The summed E-state index contributed by atoms with van der Waals surface area (Å²) in [6.07, 6.45) is 0.227. The molecule has 0 aliphatic rings. The van der Waals surface area contributed by atoms with E-state index in [1.807, 2.05) is 0 Å². The van der Waals surface area contributed by atoms with Gasteiger partial charge < -0.3 is 15.2 Å². The normalized spacial score (nSPS) is 11.9. The molecule has 0 aromatic rings. The van der Waals surface area contributed by atoms with Crippen LogP contribution < -0.4 is 5.32 Å². The molecule has 2 N–H and O–H groups in total. The molecule has 5 heteroatoms. The van der Waals surface area contributed by atoms with Gasteiger partial charge in [0.05, 0.1) is 0 Å². The molecule has 5 nitrogen and oxygen atoms in total. The van der Waals surface area contributed by atoms with Gasteiger partial charge in [-0.15, -0.1) is 6.58 Å². The average molecular weight is 201 g/mol. The van der Waals surface area contributed by atoms with Gasteiger partial charge in [-0.05, 0) is 13.3 Å². The van der Waals surface area contributed by atoms with E-state index in [-0.39, 0.29) is 13.0 Å². The Bertz CT molecular complexity index is 237. The van der Waals surface area contributed by atoms with Crippen LogP contribution in [0.25, 0.3) is 0 Å². The predicted octanol–water partition coefficient (Wildman–Crippen LogP) is 0.168. The SMILES string of the molecule is C=C(C)C[C@@H](NC(=O)COC)C(=O)O. The molecular formula is C9H15NO4. The summed E-state index contributed by atoms with van der Waals surface area (Å²) >= 11 is 0. The van der Waals surface area contributed by atoms with Crippen LogP contribution in [0, 0.1) is 0 Å². The zero-order chi connectivity index (χ0) is 11.1. The Labute approximate surface area is 82.7 Å². The summed E-state index contributed by atoms with van der Waals surface area (Å²) in [5.41, 5.74) is 0.704. The molecule has 1 amide bonds. The first kappa shape index (κ1) is 12.6. The van der Waals surface area contributed by atoms with Crippen LogP contribution in [-0.4, -0.2) is 36.7 Å². The minimum Gasteiger partial charge on any atom is -0.480 e. The van der Waals surface area contributed by atoms with Gasteiger partial charge in [0.1, 0.15) is 12.6 Å². The summed E-state index contributed by atoms with van der Waals surface area (Å²) in [6, 6.07) is -0.921. The minimum absolute atomic E-state index is 0.139. The van der Waals surface area contributed by atoms with Gasteiger partial charge in [0.25, 0.3) is 0 Å². The molecule has 0 aliphatic heterocycles. The second-order valence-corrected chi connectivity index (χ2v) is 3.05. The number of amides is 1. The number of rotatable bonds is 6. The third-order valence-corrected chi connectivity index (χ3v) is 1.46. The van der Waals surface area contributed by atoms with E-state index in [4.69, 9.17) is 5.11 Å². The zero-order valence-corrected chi connectivity index (χ0v) is 8.37. The lowest BCUT2D eigenvalue weighted by molar-refractivity contribution is -0.142. The largest absolute Gasteiger partial charge is 0.480 e. The summed E-state index contributed by atoms with van der Waals surface area (Å²) in [4.78, 5) is 21.7. The molecule has 0 heterocycles. The van der Waals surface area contributed by atoms with Crippen molar-refractivity contribution in [2.45, 2.75) is 19.4 Å². The number of carbonyl (C=O) groups excluding carboxylic acids is 1. The number of hydrogen-bond donors (Lipinski definition) is 2. The standard InChI is InChI=1S/C9H15NO4/c1-6(2)4-7(9(12)13)10-8(11)5-14-3/h7H,1,4-5H2,2-3H3,(H,10,11)(H,12,13)/t7-/m1/s1. The molecule has 14 heavy (non-hydrogen) atoms. The van der Waals surface area contributed by atoms with Crippen LogP contribution in [-0.2, 0) is 14.3 Å². The molecule has 0 aromatic carbocycles. The van der Waals surface area contributed by atoms with Crippen LogP contribution in [0.4, 0.5) is 0 Å². The Kier molecular flexibility index (Phi) is 5.55. The summed E-state index contributed by atoms with van der Waals surface area (Å²) in [5.74, 6) is -1.52. The fourth-order valence-corrected chi connectivity index (χ4v) is 0.916. The lowest BCUT2D eigenvalue weighted by Crippen LogP contribution is -2.42. The Morgan fingerprint density at radius 1 is 1.57 bits per heavy atom. The number of aliphatic carboxylic acids is 1. The Hall–Kier alpha value is -1.36. The fraction of sp³-hybridized carbons (Fsp3) is 0.556. The molecule has 0 rings (SSSR count). The van der Waals surface area contributed by atoms with E-state index in [0.29, 0.717) is 5.57 Å². The van der Waals surface area contributed by atoms with Crippen molar-refractivity contribution in [1.82, 2.24) is 5.32 Å². The summed E-state index contributed by atoms with van der Waals surface area (Å²) in [7, 11) is 1.37. The molecule has 0 spiro atoms. The van der Waals surface area contributed by atoms with Gasteiger partial charge >= 0.3 is 5.97 Å². The van der Waals surface area contributed by atoms with Crippen molar-refractivity contribution >= 4 is 11.9 Å². The lowest BCUT2D eigenvalue weighted by atomic mass is 10.1. The molecule has 0 aliphatic carbocycles. The first-order valence-corrected chi connectivity index (χ1v) is 4.13. The van der Waals surface area contributed by atoms with Crippen molar-refractivity contribution in [1.29, 1.82) is 0 Å². The van der Waals surface area contributed by atoms with Crippen molar-refractivity contribution in [3.8, 4) is 0 Å². The van der Waals surface area contributed by atoms with E-state index in [2.05, 4.69) is 16.6 Å². The van der Waals surface area contributed by atoms with Crippen LogP contribution in [0.3, 0.4) is 0 Å². The number of methoxy groups -OCH3 is 1. The fourth-order valence-electron chi connectivity index (χ4n) is 0.916. The van der Waals surface area contributed by atoms with Gasteiger partial charge in [-0.2, -0.15) is 0 Å². The summed E-state index contributed by atoms with van der Waals surface area (Å²) in [6.45, 7) is 5.15. The van der Waals surface area contributed by atoms with Gasteiger partial charge in [-0.1, -0.05) is 5.57 Å². The summed E-state index contributed by atoms with van der Waals surface area (Å²) < 4.78 is 4.56. The highest BCUT2D eigenvalue weighted by atomic mass is 16.5. The first-order valence-electron chi connectivity index (χ1n) is 4.13. The molecule has 0 radical (unpaired) electrons. The molecule has 1 atom stereocenters. The van der Waals surface area contributed by atoms with E-state index in [0.717, 1.165) is 0 Å². The van der Waals surface area contributed by atoms with Gasteiger partial charge in [0, 0.05) is 7.11 Å². The topological polar surface area (TPSA) is 75.6 Å². The van der Waals surface area contributed by atoms with Crippen molar-refractivity contribution in [2.24, 2.45) is 0 Å². The molecule has 0 bridgehead atoms. The maximum Gasteiger partial charge on any atom is 0.326 e. The van der Waals surface area contributed by atoms with Crippen LogP contribution >= 0.6 is 0 Å². The van der Waals surface area contributed by atoms with Gasteiger partial charge in [0.15, 0.2) is 0 Å². The highest BCUT2D eigenvalue weighted by Gasteiger charge is 2.19. The van der Waals surface area contributed by atoms with Crippen molar-refractivity contribution < 1.29 is 19.4 Å².